The maximum absolute atomic E-state index is 11.9. The van der Waals surface area contributed by atoms with Gasteiger partial charge in [0.2, 0.25) is 5.91 Å². The molecule has 12 heteroatoms. The van der Waals surface area contributed by atoms with Gasteiger partial charge in [-0.2, -0.15) is 0 Å². The Morgan fingerprint density at radius 3 is 2.59 bits per heavy atom. The zero-order chi connectivity index (χ0) is 26.4. The first kappa shape index (κ1) is 26.5. The second kappa shape index (κ2) is 12.1. The maximum atomic E-state index is 11.9. The van der Waals surface area contributed by atoms with Gasteiger partial charge >= 0.3 is 0 Å². The number of hydrogen-bond donors (Lipinski definition) is 3. The van der Waals surface area contributed by atoms with E-state index in [4.69, 9.17) is 37.4 Å². The van der Waals surface area contributed by atoms with Crippen molar-refractivity contribution in [3.05, 3.63) is 59.5 Å². The Morgan fingerprint density at radius 2 is 1.89 bits per heavy atom. The number of halogens is 2. The van der Waals surface area contributed by atoms with Crippen molar-refractivity contribution in [2.75, 3.05) is 38.1 Å². The fourth-order valence-corrected chi connectivity index (χ4v) is 4.49. The smallest absolute Gasteiger partial charge is 0.243 e. The van der Waals surface area contributed by atoms with Crippen LogP contribution in [0.1, 0.15) is 6.42 Å². The van der Waals surface area contributed by atoms with E-state index in [2.05, 4.69) is 37.5 Å². The summed E-state index contributed by atoms with van der Waals surface area (Å²) < 4.78 is 16.3. The van der Waals surface area contributed by atoms with E-state index in [0.717, 1.165) is 0 Å². The number of nitrogens with one attached hydrogen (secondary N) is 3. The van der Waals surface area contributed by atoms with Crippen LogP contribution in [0.3, 0.4) is 0 Å². The van der Waals surface area contributed by atoms with Crippen LogP contribution in [0.15, 0.2) is 49.4 Å². The molecule has 0 radical (unpaired) electrons. The summed E-state index contributed by atoms with van der Waals surface area (Å²) in [5.41, 5.74) is 1.66. The molecule has 1 saturated heterocycles. The monoisotopic (exact) mass is 544 g/mol. The lowest BCUT2D eigenvalue weighted by Gasteiger charge is -2.32. The number of pyridine rings is 1. The summed E-state index contributed by atoms with van der Waals surface area (Å²) in [5, 5.41) is 10.0. The Balaban J connectivity index is 1.63. The van der Waals surface area contributed by atoms with Gasteiger partial charge in [-0.15, -0.1) is 0 Å². The van der Waals surface area contributed by atoms with E-state index in [1.165, 1.54) is 26.6 Å². The third kappa shape index (κ3) is 6.04. The number of carbonyl (C=O) groups excluding carboxylic acids is 1. The van der Waals surface area contributed by atoms with Crippen molar-refractivity contribution in [3.8, 4) is 22.8 Å². The molecule has 1 fully saturated rings. The molecule has 37 heavy (non-hydrogen) atoms. The first-order valence-electron chi connectivity index (χ1n) is 11.4. The number of aromatic nitrogens is 3. The van der Waals surface area contributed by atoms with Crippen LogP contribution in [0.2, 0.25) is 10.0 Å². The van der Waals surface area contributed by atoms with Gasteiger partial charge in [-0.25, -0.2) is 15.0 Å². The summed E-state index contributed by atoms with van der Waals surface area (Å²) in [7, 11) is 3.01. The minimum atomic E-state index is -0.236. The molecular formula is C25H26Cl2N6O4. The quantitative estimate of drug-likeness (QED) is 0.335. The highest BCUT2D eigenvalue weighted by Crippen LogP contribution is 2.45. The van der Waals surface area contributed by atoms with Crippen LogP contribution < -0.4 is 25.4 Å². The molecule has 0 bridgehead atoms. The fourth-order valence-electron chi connectivity index (χ4n) is 3.89. The number of nitrogens with zero attached hydrogens (tertiary/aromatic N) is 3. The Labute approximate surface area is 224 Å². The molecule has 3 N–H and O–H groups in total. The van der Waals surface area contributed by atoms with Crippen LogP contribution in [0.25, 0.3) is 11.3 Å². The number of carbonyl (C=O) groups is 1. The normalized spacial score (nSPS) is 17.0. The van der Waals surface area contributed by atoms with Gasteiger partial charge in [0, 0.05) is 30.5 Å². The highest BCUT2D eigenvalue weighted by molar-refractivity contribution is 6.41. The summed E-state index contributed by atoms with van der Waals surface area (Å²) in [6.07, 6.45) is 5.00. The summed E-state index contributed by atoms with van der Waals surface area (Å²) >= 11 is 13.1. The second-order valence-electron chi connectivity index (χ2n) is 8.03. The average Bonchev–Trinajstić information content (AvgIpc) is 2.92. The molecule has 1 unspecified atom stereocenters. The van der Waals surface area contributed by atoms with E-state index in [1.807, 2.05) is 6.07 Å². The zero-order valence-corrected chi connectivity index (χ0v) is 21.8. The van der Waals surface area contributed by atoms with E-state index < -0.39 is 0 Å². The van der Waals surface area contributed by atoms with Crippen molar-refractivity contribution in [2.24, 2.45) is 0 Å². The lowest BCUT2D eigenvalue weighted by Crippen LogP contribution is -2.52. The molecular weight excluding hydrogens is 519 g/mol. The molecule has 2 atom stereocenters. The topological polar surface area (TPSA) is 120 Å². The Kier molecular flexibility index (Phi) is 8.65. The van der Waals surface area contributed by atoms with Crippen molar-refractivity contribution in [1.82, 2.24) is 20.3 Å². The number of anilines is 3. The summed E-state index contributed by atoms with van der Waals surface area (Å²) in [5.74, 6) is 1.57. The number of rotatable bonds is 9. The Bertz CT molecular complexity index is 1260. The Morgan fingerprint density at radius 1 is 1.14 bits per heavy atom. The van der Waals surface area contributed by atoms with Crippen molar-refractivity contribution in [2.45, 2.75) is 18.5 Å². The third-order valence-electron chi connectivity index (χ3n) is 5.77. The lowest BCUT2D eigenvalue weighted by atomic mass is 10.0. The number of methoxy groups -OCH3 is 2. The number of amides is 1. The first-order valence-corrected chi connectivity index (χ1v) is 12.1. The molecule has 4 rings (SSSR count). The van der Waals surface area contributed by atoms with Gasteiger partial charge in [0.25, 0.3) is 0 Å². The van der Waals surface area contributed by atoms with E-state index in [0.29, 0.717) is 59.7 Å². The minimum Gasteiger partial charge on any atom is -0.495 e. The average molecular weight is 545 g/mol. The van der Waals surface area contributed by atoms with Crippen LogP contribution in [-0.2, 0) is 9.53 Å². The Hall–Kier alpha value is -3.60. The molecule has 10 nitrogen and oxygen atoms in total. The van der Waals surface area contributed by atoms with Crippen molar-refractivity contribution >= 4 is 46.4 Å². The van der Waals surface area contributed by atoms with Gasteiger partial charge in [-0.3, -0.25) is 4.79 Å². The van der Waals surface area contributed by atoms with Crippen LogP contribution in [0, 0.1) is 0 Å². The number of ether oxygens (including phenoxy) is 3. The SMILES string of the molecule is C=CC(=O)NC1CCOC[C@H]1Nc1cc(-c2cccnc2Nc2c(Cl)c(OC)cc(OC)c2Cl)ncn1. The molecule has 0 saturated carbocycles. The van der Waals surface area contributed by atoms with Crippen LogP contribution in [-0.4, -0.2) is 60.4 Å². The zero-order valence-electron chi connectivity index (χ0n) is 20.3. The summed E-state index contributed by atoms with van der Waals surface area (Å²) in [6, 6.07) is 6.73. The van der Waals surface area contributed by atoms with Gasteiger partial charge in [0.05, 0.1) is 44.3 Å². The fraction of sp³-hybridized carbons (Fsp3) is 0.280. The molecule has 3 heterocycles. The molecule has 194 valence electrons. The predicted molar refractivity (Wildman–Crippen MR) is 143 cm³/mol. The molecule has 1 aliphatic rings. The van der Waals surface area contributed by atoms with E-state index in [-0.39, 0.29) is 28.0 Å². The van der Waals surface area contributed by atoms with Crippen LogP contribution in [0.5, 0.6) is 11.5 Å². The first-order chi connectivity index (χ1) is 17.9. The molecule has 0 aliphatic carbocycles. The highest BCUT2D eigenvalue weighted by Gasteiger charge is 2.27. The van der Waals surface area contributed by atoms with Gasteiger partial charge in [0.1, 0.15) is 39.5 Å². The number of hydrogen-bond acceptors (Lipinski definition) is 9. The summed E-state index contributed by atoms with van der Waals surface area (Å²) in [6.45, 7) is 4.49. The largest absolute Gasteiger partial charge is 0.495 e. The van der Waals surface area contributed by atoms with Gasteiger partial charge in [-0.05, 0) is 24.6 Å². The lowest BCUT2D eigenvalue weighted by molar-refractivity contribution is -0.117. The van der Waals surface area contributed by atoms with Crippen LogP contribution in [0.4, 0.5) is 17.3 Å². The number of benzene rings is 1. The van der Waals surface area contributed by atoms with Crippen LogP contribution >= 0.6 is 23.2 Å². The molecule has 2 aromatic heterocycles. The molecule has 1 amide bonds. The molecule has 3 aromatic rings. The predicted octanol–water partition coefficient (Wildman–Crippen LogP) is 4.48. The van der Waals surface area contributed by atoms with Crippen molar-refractivity contribution < 1.29 is 19.0 Å². The van der Waals surface area contributed by atoms with Gasteiger partial charge in [0.15, 0.2) is 0 Å². The maximum Gasteiger partial charge on any atom is 0.243 e. The van der Waals surface area contributed by atoms with E-state index in [1.54, 1.807) is 24.4 Å². The third-order valence-corrected chi connectivity index (χ3v) is 6.52. The van der Waals surface area contributed by atoms with E-state index in [9.17, 15) is 4.79 Å². The second-order valence-corrected chi connectivity index (χ2v) is 8.79. The van der Waals surface area contributed by atoms with Gasteiger partial charge < -0.3 is 30.2 Å². The standard InChI is InChI=1S/C25H26Cl2N6O4/c1-4-21(34)32-15-7-9-37-12-17(15)31-20-10-16(29-13-30-20)14-6-5-8-28-25(14)33-24-22(26)18(35-2)11-19(36-3)23(24)27/h4-6,8,10-11,13,15,17H,1,7,9,12H2,2-3H3,(H,28,33)(H,32,34)(H,29,30,31)/t15?,17-/m1/s1. The summed E-state index contributed by atoms with van der Waals surface area (Å²) in [4.78, 5) is 25.1. The van der Waals surface area contributed by atoms with E-state index >= 15 is 0 Å². The highest BCUT2D eigenvalue weighted by atomic mass is 35.5. The molecule has 1 aromatic carbocycles. The molecule has 1 aliphatic heterocycles. The minimum absolute atomic E-state index is 0.138. The molecule has 0 spiro atoms. The van der Waals surface area contributed by atoms with Crippen molar-refractivity contribution in [1.29, 1.82) is 0 Å². The van der Waals surface area contributed by atoms with Crippen molar-refractivity contribution in [3.63, 3.8) is 0 Å². The van der Waals surface area contributed by atoms with Gasteiger partial charge in [-0.1, -0.05) is 29.8 Å².